The molecule has 0 atom stereocenters. The van der Waals surface area contributed by atoms with Gasteiger partial charge in [-0.3, -0.25) is 4.79 Å². The Kier molecular flexibility index (Phi) is 5.97. The summed E-state index contributed by atoms with van der Waals surface area (Å²) in [6.45, 7) is 0.814. The van der Waals surface area contributed by atoms with E-state index in [4.69, 9.17) is 5.73 Å². The molecule has 0 heterocycles. The predicted octanol–water partition coefficient (Wildman–Crippen LogP) is 3.38. The third-order valence-electron chi connectivity index (χ3n) is 4.43. The van der Waals surface area contributed by atoms with Crippen molar-refractivity contribution in [2.45, 2.75) is 49.7 Å². The SMILES string of the molecule is CSC1(CNC(=O)CCc2ccc(N)cc2)CCCCC1. The predicted molar refractivity (Wildman–Crippen MR) is 91.5 cm³/mol. The lowest BCUT2D eigenvalue weighted by Gasteiger charge is -2.35. The van der Waals surface area contributed by atoms with E-state index in [0.717, 1.165) is 24.2 Å². The molecule has 0 spiro atoms. The fourth-order valence-corrected chi connectivity index (χ4v) is 3.85. The Morgan fingerprint density at radius 2 is 1.90 bits per heavy atom. The number of thioether (sulfide) groups is 1. The molecule has 116 valence electrons. The molecule has 0 radical (unpaired) electrons. The van der Waals surface area contributed by atoms with Gasteiger partial charge in [0.2, 0.25) is 5.91 Å². The van der Waals surface area contributed by atoms with Gasteiger partial charge < -0.3 is 11.1 Å². The standard InChI is InChI=1S/C17H26N2OS/c1-21-17(11-3-2-4-12-17)13-19-16(20)10-7-14-5-8-15(18)9-6-14/h5-6,8-9H,2-4,7,10-13,18H2,1H3,(H,19,20). The summed E-state index contributed by atoms with van der Waals surface area (Å²) in [5.41, 5.74) is 7.59. The summed E-state index contributed by atoms with van der Waals surface area (Å²) >= 11 is 1.92. The number of hydrogen-bond acceptors (Lipinski definition) is 3. The average Bonchev–Trinajstić information content (AvgIpc) is 2.53. The third-order valence-corrected chi connectivity index (χ3v) is 5.84. The summed E-state index contributed by atoms with van der Waals surface area (Å²) in [7, 11) is 0. The first-order valence-electron chi connectivity index (χ1n) is 7.80. The summed E-state index contributed by atoms with van der Waals surface area (Å²) in [4.78, 5) is 12.0. The number of carbonyl (C=O) groups excluding carboxylic acids is 1. The van der Waals surface area contributed by atoms with Gasteiger partial charge in [0.1, 0.15) is 0 Å². The van der Waals surface area contributed by atoms with E-state index in [1.807, 2.05) is 36.0 Å². The van der Waals surface area contributed by atoms with Crippen LogP contribution in [-0.2, 0) is 11.2 Å². The van der Waals surface area contributed by atoms with Crippen LogP contribution in [0.2, 0.25) is 0 Å². The first-order chi connectivity index (χ1) is 10.1. The largest absolute Gasteiger partial charge is 0.399 e. The van der Waals surface area contributed by atoms with E-state index in [2.05, 4.69) is 11.6 Å². The zero-order valence-electron chi connectivity index (χ0n) is 12.9. The number of nitrogens with two attached hydrogens (primary N) is 1. The highest BCUT2D eigenvalue weighted by Crippen LogP contribution is 2.37. The van der Waals surface area contributed by atoms with Gasteiger partial charge in [-0.05, 0) is 43.2 Å². The van der Waals surface area contributed by atoms with Crippen molar-refractivity contribution in [3.63, 3.8) is 0 Å². The average molecular weight is 306 g/mol. The maximum absolute atomic E-state index is 12.0. The van der Waals surface area contributed by atoms with Gasteiger partial charge in [-0.25, -0.2) is 0 Å². The van der Waals surface area contributed by atoms with Crippen LogP contribution in [0.4, 0.5) is 5.69 Å². The summed E-state index contributed by atoms with van der Waals surface area (Å²) in [5.74, 6) is 0.158. The first-order valence-corrected chi connectivity index (χ1v) is 9.02. The summed E-state index contributed by atoms with van der Waals surface area (Å²) in [6, 6.07) is 7.76. The van der Waals surface area contributed by atoms with Gasteiger partial charge in [-0.15, -0.1) is 0 Å². The number of nitrogens with one attached hydrogen (secondary N) is 1. The van der Waals surface area contributed by atoms with Crippen LogP contribution in [0.5, 0.6) is 0 Å². The van der Waals surface area contributed by atoms with Crippen LogP contribution in [0.25, 0.3) is 0 Å². The number of amides is 1. The molecule has 1 aromatic rings. The van der Waals surface area contributed by atoms with Crippen molar-refractivity contribution in [2.75, 3.05) is 18.5 Å². The molecule has 2 rings (SSSR count). The normalized spacial score (nSPS) is 17.4. The van der Waals surface area contributed by atoms with E-state index in [1.54, 1.807) is 0 Å². The molecule has 1 amide bonds. The number of benzene rings is 1. The number of rotatable bonds is 6. The minimum atomic E-state index is 0.158. The van der Waals surface area contributed by atoms with E-state index in [1.165, 1.54) is 32.1 Å². The number of hydrogen-bond donors (Lipinski definition) is 2. The minimum Gasteiger partial charge on any atom is -0.399 e. The first kappa shape index (κ1) is 16.2. The maximum Gasteiger partial charge on any atom is 0.220 e. The highest BCUT2D eigenvalue weighted by atomic mass is 32.2. The number of anilines is 1. The molecule has 0 aromatic heterocycles. The van der Waals surface area contributed by atoms with Crippen LogP contribution in [0.15, 0.2) is 24.3 Å². The Bertz CT molecular complexity index is 452. The van der Waals surface area contributed by atoms with Gasteiger partial charge >= 0.3 is 0 Å². The zero-order valence-corrected chi connectivity index (χ0v) is 13.7. The molecule has 1 saturated carbocycles. The fraction of sp³-hybridized carbons (Fsp3) is 0.588. The molecule has 0 aliphatic heterocycles. The summed E-state index contributed by atoms with van der Waals surface area (Å²) in [6.07, 6.45) is 9.88. The molecule has 3 nitrogen and oxygen atoms in total. The maximum atomic E-state index is 12.0. The van der Waals surface area contributed by atoms with Crippen molar-refractivity contribution in [3.8, 4) is 0 Å². The molecule has 1 fully saturated rings. The van der Waals surface area contributed by atoms with Crippen molar-refractivity contribution in [1.82, 2.24) is 5.32 Å². The molecule has 0 bridgehead atoms. The van der Waals surface area contributed by atoms with Gasteiger partial charge in [0.25, 0.3) is 0 Å². The lowest BCUT2D eigenvalue weighted by Crippen LogP contribution is -2.41. The van der Waals surface area contributed by atoms with Crippen LogP contribution in [0.3, 0.4) is 0 Å². The number of carbonyl (C=O) groups is 1. The van der Waals surface area contributed by atoms with Gasteiger partial charge in [0.15, 0.2) is 0 Å². The minimum absolute atomic E-state index is 0.158. The van der Waals surface area contributed by atoms with E-state index in [0.29, 0.717) is 6.42 Å². The van der Waals surface area contributed by atoms with Crippen molar-refractivity contribution in [1.29, 1.82) is 0 Å². The second-order valence-electron chi connectivity index (χ2n) is 5.97. The molecule has 0 saturated heterocycles. The lowest BCUT2D eigenvalue weighted by atomic mass is 9.88. The molecule has 0 unspecified atom stereocenters. The van der Waals surface area contributed by atoms with Gasteiger partial charge in [-0.1, -0.05) is 31.4 Å². The summed E-state index contributed by atoms with van der Waals surface area (Å²) < 4.78 is 0.273. The second-order valence-corrected chi connectivity index (χ2v) is 7.24. The molecule has 1 aromatic carbocycles. The monoisotopic (exact) mass is 306 g/mol. The second kappa shape index (κ2) is 7.74. The molecule has 1 aliphatic carbocycles. The van der Waals surface area contributed by atoms with Gasteiger partial charge in [-0.2, -0.15) is 11.8 Å². The van der Waals surface area contributed by atoms with Crippen molar-refractivity contribution < 1.29 is 4.79 Å². The molecule has 1 aliphatic rings. The van der Waals surface area contributed by atoms with E-state index < -0.39 is 0 Å². The number of aryl methyl sites for hydroxylation is 1. The Balaban J connectivity index is 1.75. The summed E-state index contributed by atoms with van der Waals surface area (Å²) in [5, 5.41) is 3.14. The molecule has 3 N–H and O–H groups in total. The quantitative estimate of drug-likeness (QED) is 0.792. The van der Waals surface area contributed by atoms with Crippen LogP contribution >= 0.6 is 11.8 Å². The molecular formula is C17H26N2OS. The molecule has 4 heteroatoms. The van der Waals surface area contributed by atoms with Gasteiger partial charge in [0, 0.05) is 23.4 Å². The van der Waals surface area contributed by atoms with Crippen molar-refractivity contribution in [3.05, 3.63) is 29.8 Å². The van der Waals surface area contributed by atoms with E-state index in [-0.39, 0.29) is 10.7 Å². The van der Waals surface area contributed by atoms with E-state index in [9.17, 15) is 4.79 Å². The van der Waals surface area contributed by atoms with E-state index >= 15 is 0 Å². The molecule has 21 heavy (non-hydrogen) atoms. The van der Waals surface area contributed by atoms with Crippen LogP contribution in [0.1, 0.15) is 44.1 Å². The molecular weight excluding hydrogens is 280 g/mol. The van der Waals surface area contributed by atoms with Crippen LogP contribution in [0, 0.1) is 0 Å². The Hall–Kier alpha value is -1.16. The highest BCUT2D eigenvalue weighted by molar-refractivity contribution is 8.00. The van der Waals surface area contributed by atoms with Crippen molar-refractivity contribution >= 4 is 23.4 Å². The smallest absolute Gasteiger partial charge is 0.220 e. The van der Waals surface area contributed by atoms with Crippen LogP contribution in [-0.4, -0.2) is 23.5 Å². The van der Waals surface area contributed by atoms with Gasteiger partial charge in [0.05, 0.1) is 0 Å². The lowest BCUT2D eigenvalue weighted by molar-refractivity contribution is -0.121. The third kappa shape index (κ3) is 4.95. The zero-order chi connectivity index (χ0) is 15.1. The Morgan fingerprint density at radius 1 is 1.24 bits per heavy atom. The van der Waals surface area contributed by atoms with Crippen LogP contribution < -0.4 is 11.1 Å². The fourth-order valence-electron chi connectivity index (χ4n) is 2.94. The Morgan fingerprint density at radius 3 is 2.52 bits per heavy atom. The van der Waals surface area contributed by atoms with Crippen molar-refractivity contribution in [2.24, 2.45) is 0 Å². The topological polar surface area (TPSA) is 55.1 Å². The Labute approximate surface area is 132 Å². The number of nitrogen functional groups attached to an aromatic ring is 1. The highest BCUT2D eigenvalue weighted by Gasteiger charge is 2.31.